The van der Waals surface area contributed by atoms with Gasteiger partial charge in [-0.3, -0.25) is 0 Å². The van der Waals surface area contributed by atoms with Crippen LogP contribution in [0.5, 0.6) is 0 Å². The van der Waals surface area contributed by atoms with Gasteiger partial charge in [-0.25, -0.2) is 17.8 Å². The lowest BCUT2D eigenvalue weighted by Gasteiger charge is -2.21. The lowest BCUT2D eigenvalue weighted by Crippen LogP contribution is -2.32. The number of halogens is 1. The number of aryl methyl sites for hydroxylation is 1. The van der Waals surface area contributed by atoms with Gasteiger partial charge in [0.15, 0.2) is 5.03 Å². The average molecular weight is 400 g/mol. The first kappa shape index (κ1) is 18.6. The molecule has 28 heavy (non-hydrogen) atoms. The highest BCUT2D eigenvalue weighted by molar-refractivity contribution is 7.89. The maximum absolute atomic E-state index is 13.6. The number of hydrogen-bond donors (Lipinski definition) is 1. The first-order chi connectivity index (χ1) is 13.4. The van der Waals surface area contributed by atoms with Crippen molar-refractivity contribution < 1.29 is 12.8 Å². The van der Waals surface area contributed by atoms with Crippen LogP contribution in [0, 0.1) is 5.82 Å². The maximum Gasteiger partial charge on any atom is 0.262 e. The van der Waals surface area contributed by atoms with Crippen molar-refractivity contribution in [2.45, 2.75) is 17.0 Å². The monoisotopic (exact) mass is 400 g/mol. The standard InChI is InChI=1S/C20H21FN4O2S/c1-24-13-20(22-14-24)28(26,27)25-11-18(15-6-3-2-4-7-15)19(12-25)23-17-9-5-8-16(21)10-17/h2-10,13-14,18-19,23H,11-12H2,1H3/t18-,19+/m1/s1. The molecular weight excluding hydrogens is 379 g/mol. The Balaban J connectivity index is 1.65. The zero-order valence-electron chi connectivity index (χ0n) is 15.4. The summed E-state index contributed by atoms with van der Waals surface area (Å²) in [7, 11) is -1.97. The highest BCUT2D eigenvalue weighted by Gasteiger charge is 2.40. The summed E-state index contributed by atoms with van der Waals surface area (Å²) in [5.41, 5.74) is 1.66. The molecule has 8 heteroatoms. The fourth-order valence-electron chi connectivity index (χ4n) is 3.59. The topological polar surface area (TPSA) is 67.2 Å². The Kier molecular flexibility index (Phi) is 4.91. The molecule has 1 aliphatic heterocycles. The van der Waals surface area contributed by atoms with E-state index in [2.05, 4.69) is 10.3 Å². The quantitative estimate of drug-likeness (QED) is 0.715. The van der Waals surface area contributed by atoms with Gasteiger partial charge >= 0.3 is 0 Å². The molecule has 0 saturated carbocycles. The van der Waals surface area contributed by atoms with Gasteiger partial charge in [0.05, 0.1) is 6.33 Å². The van der Waals surface area contributed by atoms with Crippen molar-refractivity contribution in [1.29, 1.82) is 0 Å². The molecule has 1 fully saturated rings. The molecule has 1 aliphatic rings. The van der Waals surface area contributed by atoms with Crippen LogP contribution in [0.2, 0.25) is 0 Å². The van der Waals surface area contributed by atoms with Crippen LogP contribution in [-0.2, 0) is 17.1 Å². The van der Waals surface area contributed by atoms with E-state index in [0.29, 0.717) is 12.2 Å². The number of nitrogens with one attached hydrogen (secondary N) is 1. The van der Waals surface area contributed by atoms with Crippen LogP contribution in [0.3, 0.4) is 0 Å². The first-order valence-electron chi connectivity index (χ1n) is 8.98. The van der Waals surface area contributed by atoms with E-state index in [1.807, 2.05) is 30.3 Å². The molecule has 0 bridgehead atoms. The molecule has 0 amide bonds. The van der Waals surface area contributed by atoms with Crippen molar-refractivity contribution >= 4 is 15.7 Å². The third kappa shape index (κ3) is 3.65. The lowest BCUT2D eigenvalue weighted by molar-refractivity contribution is 0.468. The van der Waals surface area contributed by atoms with Crippen LogP contribution in [0.4, 0.5) is 10.1 Å². The molecule has 3 aromatic rings. The van der Waals surface area contributed by atoms with Gasteiger partial charge in [-0.1, -0.05) is 36.4 Å². The Morgan fingerprint density at radius 3 is 2.57 bits per heavy atom. The number of imidazole rings is 1. The zero-order chi connectivity index (χ0) is 19.7. The Hall–Kier alpha value is -2.71. The second-order valence-corrected chi connectivity index (χ2v) is 8.86. The predicted octanol–water partition coefficient (Wildman–Crippen LogP) is 2.83. The fraction of sp³-hybridized carbons (Fsp3) is 0.250. The summed E-state index contributed by atoms with van der Waals surface area (Å²) < 4.78 is 42.7. The fourth-order valence-corrected chi connectivity index (χ4v) is 5.05. The van der Waals surface area contributed by atoms with Crippen molar-refractivity contribution in [3.05, 3.63) is 78.5 Å². The number of nitrogens with zero attached hydrogens (tertiary/aromatic N) is 3. The van der Waals surface area contributed by atoms with Crippen molar-refractivity contribution in [2.24, 2.45) is 7.05 Å². The Labute approximate surface area is 163 Å². The number of anilines is 1. The van der Waals surface area contributed by atoms with E-state index in [-0.39, 0.29) is 29.3 Å². The van der Waals surface area contributed by atoms with E-state index in [9.17, 15) is 12.8 Å². The maximum atomic E-state index is 13.6. The largest absolute Gasteiger partial charge is 0.380 e. The molecule has 2 aromatic carbocycles. The summed E-state index contributed by atoms with van der Waals surface area (Å²) in [6.45, 7) is 0.602. The summed E-state index contributed by atoms with van der Waals surface area (Å²) in [5.74, 6) is -0.403. The molecule has 1 aromatic heterocycles. The second-order valence-electron chi connectivity index (χ2n) is 6.98. The van der Waals surface area contributed by atoms with Crippen molar-refractivity contribution in [3.63, 3.8) is 0 Å². The van der Waals surface area contributed by atoms with Crippen LogP contribution in [0.1, 0.15) is 11.5 Å². The SMILES string of the molecule is Cn1cnc(S(=O)(=O)N2C[C@H](Nc3cccc(F)c3)[C@@H](c3ccccc3)C2)c1. The van der Waals surface area contributed by atoms with E-state index >= 15 is 0 Å². The van der Waals surface area contributed by atoms with Crippen LogP contribution < -0.4 is 5.32 Å². The van der Waals surface area contributed by atoms with Gasteiger partial charge in [0.1, 0.15) is 5.82 Å². The lowest BCUT2D eigenvalue weighted by atomic mass is 9.94. The molecule has 1 saturated heterocycles. The Bertz CT molecular complexity index is 1070. The predicted molar refractivity (Wildman–Crippen MR) is 105 cm³/mol. The molecule has 0 radical (unpaired) electrons. The van der Waals surface area contributed by atoms with Gasteiger partial charge in [0, 0.05) is 44.0 Å². The summed E-state index contributed by atoms with van der Waals surface area (Å²) >= 11 is 0. The molecule has 146 valence electrons. The van der Waals surface area contributed by atoms with Crippen molar-refractivity contribution in [2.75, 3.05) is 18.4 Å². The van der Waals surface area contributed by atoms with Gasteiger partial charge < -0.3 is 9.88 Å². The van der Waals surface area contributed by atoms with Gasteiger partial charge in [0.2, 0.25) is 0 Å². The van der Waals surface area contributed by atoms with E-state index in [0.717, 1.165) is 5.56 Å². The van der Waals surface area contributed by atoms with Crippen LogP contribution in [-0.4, -0.2) is 41.4 Å². The summed E-state index contributed by atoms with van der Waals surface area (Å²) in [4.78, 5) is 4.01. The third-order valence-corrected chi connectivity index (χ3v) is 6.69. The molecule has 1 N–H and O–H groups in total. The molecule has 2 heterocycles. The molecule has 0 spiro atoms. The average Bonchev–Trinajstić information content (AvgIpc) is 3.30. The Morgan fingerprint density at radius 2 is 1.89 bits per heavy atom. The minimum absolute atomic E-state index is 0.0354. The van der Waals surface area contributed by atoms with Gasteiger partial charge in [0.25, 0.3) is 10.0 Å². The molecule has 0 unspecified atom stereocenters. The summed E-state index contributed by atoms with van der Waals surface area (Å²) in [5, 5.41) is 3.35. The van der Waals surface area contributed by atoms with Crippen molar-refractivity contribution in [1.82, 2.24) is 13.9 Å². The molecule has 6 nitrogen and oxygen atoms in total. The van der Waals surface area contributed by atoms with Crippen molar-refractivity contribution in [3.8, 4) is 0 Å². The van der Waals surface area contributed by atoms with Crippen LogP contribution in [0.25, 0.3) is 0 Å². The molecule has 0 aliphatic carbocycles. The van der Waals surface area contributed by atoms with E-state index in [1.165, 1.54) is 29.0 Å². The summed E-state index contributed by atoms with van der Waals surface area (Å²) in [6.07, 6.45) is 2.97. The van der Waals surface area contributed by atoms with E-state index < -0.39 is 10.0 Å². The molecular formula is C20H21FN4O2S. The van der Waals surface area contributed by atoms with Gasteiger partial charge in [-0.15, -0.1) is 0 Å². The smallest absolute Gasteiger partial charge is 0.262 e. The number of benzene rings is 2. The highest BCUT2D eigenvalue weighted by atomic mass is 32.2. The normalized spacial score (nSPS) is 20.4. The Morgan fingerprint density at radius 1 is 1.11 bits per heavy atom. The summed E-state index contributed by atoms with van der Waals surface area (Å²) in [6, 6.07) is 15.8. The highest BCUT2D eigenvalue weighted by Crippen LogP contribution is 2.33. The number of rotatable bonds is 5. The van der Waals surface area contributed by atoms with Crippen LogP contribution in [0.15, 0.2) is 72.1 Å². The number of sulfonamides is 1. The minimum atomic E-state index is -3.70. The molecule has 4 rings (SSSR count). The van der Waals surface area contributed by atoms with Gasteiger partial charge in [-0.05, 0) is 23.8 Å². The number of aromatic nitrogens is 2. The zero-order valence-corrected chi connectivity index (χ0v) is 16.2. The number of hydrogen-bond acceptors (Lipinski definition) is 4. The van der Waals surface area contributed by atoms with Gasteiger partial charge in [-0.2, -0.15) is 4.31 Å². The van der Waals surface area contributed by atoms with E-state index in [1.54, 1.807) is 23.7 Å². The minimum Gasteiger partial charge on any atom is -0.380 e. The van der Waals surface area contributed by atoms with Crippen LogP contribution >= 0.6 is 0 Å². The third-order valence-electron chi connectivity index (χ3n) is 4.98. The second kappa shape index (κ2) is 7.37. The molecule has 2 atom stereocenters. The first-order valence-corrected chi connectivity index (χ1v) is 10.4. The van der Waals surface area contributed by atoms with E-state index in [4.69, 9.17) is 0 Å².